The van der Waals surface area contributed by atoms with Gasteiger partial charge in [-0.15, -0.1) is 0 Å². The van der Waals surface area contributed by atoms with Gasteiger partial charge in [-0.25, -0.2) is 0 Å². The van der Waals surface area contributed by atoms with Gasteiger partial charge in [0.1, 0.15) is 5.54 Å². The first-order valence-electron chi connectivity index (χ1n) is 5.25. The Morgan fingerprint density at radius 3 is 2.88 bits per heavy atom. The summed E-state index contributed by atoms with van der Waals surface area (Å²) in [5.74, 6) is 0.557. The quantitative estimate of drug-likeness (QED) is 0.789. The molecule has 17 heavy (non-hydrogen) atoms. The number of hydrogen-bond acceptors (Lipinski definition) is 3. The summed E-state index contributed by atoms with van der Waals surface area (Å²) in [6.07, 6.45) is 7.00. The largest absolute Gasteiger partial charge is 0.386 e. The molecule has 4 heteroatoms. The minimum absolute atomic E-state index is 0.557. The van der Waals surface area contributed by atoms with Crippen LogP contribution in [0.5, 0.6) is 0 Å². The maximum Gasteiger partial charge on any atom is 0.122 e. The van der Waals surface area contributed by atoms with Crippen LogP contribution in [-0.2, 0) is 5.54 Å². The van der Waals surface area contributed by atoms with Crippen molar-refractivity contribution in [3.05, 3.63) is 65.2 Å². The van der Waals surface area contributed by atoms with Gasteiger partial charge in [0.15, 0.2) is 0 Å². The van der Waals surface area contributed by atoms with Gasteiger partial charge in [-0.3, -0.25) is 4.98 Å². The molecule has 0 amide bonds. The van der Waals surface area contributed by atoms with Crippen molar-refractivity contribution in [3.8, 4) is 0 Å². The number of allylic oxidation sites excluding steroid dienone is 2. The Kier molecular flexibility index (Phi) is 2.94. The first-order valence-corrected chi connectivity index (χ1v) is 5.63. The van der Waals surface area contributed by atoms with Crippen LogP contribution in [0, 0.1) is 0 Å². The highest BCUT2D eigenvalue weighted by atomic mass is 35.5. The number of nitrogens with one attached hydrogen (secondary N) is 1. The van der Waals surface area contributed by atoms with Gasteiger partial charge in [-0.2, -0.15) is 0 Å². The van der Waals surface area contributed by atoms with E-state index < -0.39 is 5.54 Å². The predicted octanol–water partition coefficient (Wildman–Crippen LogP) is 2.38. The molecule has 2 heterocycles. The molecule has 1 unspecified atom stereocenters. The number of nitrogens with two attached hydrogens (primary N) is 1. The fraction of sp³-hybridized carbons (Fsp3) is 0.154. The van der Waals surface area contributed by atoms with Crippen LogP contribution in [0.4, 0.5) is 0 Å². The van der Waals surface area contributed by atoms with Gasteiger partial charge >= 0.3 is 0 Å². The maximum absolute atomic E-state index is 6.34. The highest BCUT2D eigenvalue weighted by Crippen LogP contribution is 2.39. The lowest BCUT2D eigenvalue weighted by molar-refractivity contribution is 0.515. The third-order valence-corrected chi connectivity index (χ3v) is 3.24. The molecule has 88 valence electrons. The molecule has 0 radical (unpaired) electrons. The predicted molar refractivity (Wildman–Crippen MR) is 70.1 cm³/mol. The Balaban J connectivity index is 2.60. The van der Waals surface area contributed by atoms with E-state index in [4.69, 9.17) is 17.3 Å². The van der Waals surface area contributed by atoms with E-state index in [-0.39, 0.29) is 0 Å². The van der Waals surface area contributed by atoms with Crippen molar-refractivity contribution in [1.29, 1.82) is 0 Å². The summed E-state index contributed by atoms with van der Waals surface area (Å²) in [6, 6.07) is 3.81. The molecule has 0 saturated heterocycles. The molecule has 0 fully saturated rings. The fourth-order valence-corrected chi connectivity index (χ4v) is 2.34. The van der Waals surface area contributed by atoms with Crippen LogP contribution in [-0.4, -0.2) is 4.98 Å². The number of halogens is 1. The molecule has 0 saturated carbocycles. The Morgan fingerprint density at radius 2 is 2.29 bits per heavy atom. The summed E-state index contributed by atoms with van der Waals surface area (Å²) in [5, 5.41) is 3.83. The second kappa shape index (κ2) is 4.26. The molecule has 1 aromatic heterocycles. The van der Waals surface area contributed by atoms with E-state index >= 15 is 0 Å². The Morgan fingerprint density at radius 1 is 1.53 bits per heavy atom. The van der Waals surface area contributed by atoms with Crippen LogP contribution in [0.2, 0.25) is 0 Å². The average Bonchev–Trinajstić information content (AvgIpc) is 2.33. The first-order chi connectivity index (χ1) is 8.07. The maximum atomic E-state index is 6.34. The van der Waals surface area contributed by atoms with Crippen molar-refractivity contribution in [2.45, 2.75) is 12.5 Å². The van der Waals surface area contributed by atoms with Crippen molar-refractivity contribution >= 4 is 11.6 Å². The third kappa shape index (κ3) is 1.83. The van der Waals surface area contributed by atoms with E-state index in [1.807, 2.05) is 19.1 Å². The van der Waals surface area contributed by atoms with Gasteiger partial charge < -0.3 is 11.1 Å². The number of aromatic nitrogens is 1. The standard InChI is InChI=1S/C13H14ClN3/c1-9(2)13(10-4-3-7-16-8-10)11(14)5-6-12(15)17-13/h3-8,17H,1,15H2,2H3. The van der Waals surface area contributed by atoms with Crippen molar-refractivity contribution in [3.63, 3.8) is 0 Å². The monoisotopic (exact) mass is 247 g/mol. The molecule has 1 aliphatic rings. The minimum Gasteiger partial charge on any atom is -0.386 e. The van der Waals surface area contributed by atoms with Crippen LogP contribution >= 0.6 is 11.6 Å². The zero-order valence-electron chi connectivity index (χ0n) is 9.57. The average molecular weight is 248 g/mol. The number of dihydropyridines is 1. The van der Waals surface area contributed by atoms with Gasteiger partial charge in [0.2, 0.25) is 0 Å². The van der Waals surface area contributed by atoms with Crippen molar-refractivity contribution in [2.75, 3.05) is 0 Å². The van der Waals surface area contributed by atoms with Gasteiger partial charge in [0.05, 0.1) is 10.9 Å². The molecule has 2 rings (SSSR count). The summed E-state index contributed by atoms with van der Waals surface area (Å²) in [4.78, 5) is 4.12. The van der Waals surface area contributed by atoms with Gasteiger partial charge in [0, 0.05) is 18.0 Å². The Hall–Kier alpha value is -1.74. The summed E-state index contributed by atoms with van der Waals surface area (Å²) in [7, 11) is 0. The smallest absolute Gasteiger partial charge is 0.122 e. The van der Waals surface area contributed by atoms with Gasteiger partial charge in [0.25, 0.3) is 0 Å². The van der Waals surface area contributed by atoms with E-state index in [9.17, 15) is 0 Å². The molecular weight excluding hydrogens is 234 g/mol. The SMILES string of the molecule is C=C(C)C1(c2cccnc2)NC(N)=CC=C1Cl. The zero-order valence-corrected chi connectivity index (χ0v) is 10.3. The van der Waals surface area contributed by atoms with E-state index in [1.165, 1.54) is 0 Å². The first kappa shape index (κ1) is 11.7. The molecule has 3 nitrogen and oxygen atoms in total. The van der Waals surface area contributed by atoms with Crippen LogP contribution in [0.3, 0.4) is 0 Å². The topological polar surface area (TPSA) is 50.9 Å². The zero-order chi connectivity index (χ0) is 12.5. The summed E-state index contributed by atoms with van der Waals surface area (Å²) in [5.41, 5.74) is 6.95. The lowest BCUT2D eigenvalue weighted by atomic mass is 9.83. The van der Waals surface area contributed by atoms with Crippen LogP contribution in [0.1, 0.15) is 12.5 Å². The highest BCUT2D eigenvalue weighted by Gasteiger charge is 2.38. The third-order valence-electron chi connectivity index (χ3n) is 2.83. The normalized spacial score (nSPS) is 23.4. The van der Waals surface area contributed by atoms with E-state index in [1.54, 1.807) is 24.5 Å². The van der Waals surface area contributed by atoms with Crippen molar-refractivity contribution in [1.82, 2.24) is 10.3 Å². The van der Waals surface area contributed by atoms with Crippen molar-refractivity contribution < 1.29 is 0 Å². The second-order valence-electron chi connectivity index (χ2n) is 4.03. The molecule has 0 aromatic carbocycles. The molecular formula is C13H14ClN3. The van der Waals surface area contributed by atoms with Crippen LogP contribution in [0.25, 0.3) is 0 Å². The molecule has 3 N–H and O–H groups in total. The number of rotatable bonds is 2. The van der Waals surface area contributed by atoms with E-state index in [0.29, 0.717) is 10.9 Å². The molecule has 0 bridgehead atoms. The highest BCUT2D eigenvalue weighted by molar-refractivity contribution is 6.31. The van der Waals surface area contributed by atoms with Crippen LogP contribution in [0.15, 0.2) is 59.7 Å². The minimum atomic E-state index is -0.672. The number of pyridine rings is 1. The summed E-state index contributed by atoms with van der Waals surface area (Å²) in [6.45, 7) is 5.93. The van der Waals surface area contributed by atoms with E-state index in [2.05, 4.69) is 16.9 Å². The molecule has 0 spiro atoms. The van der Waals surface area contributed by atoms with Crippen LogP contribution < -0.4 is 11.1 Å². The fourth-order valence-electron chi connectivity index (χ4n) is 1.96. The Bertz CT molecular complexity index is 505. The summed E-state index contributed by atoms with van der Waals surface area (Å²) >= 11 is 6.34. The molecule has 1 aliphatic heterocycles. The lowest BCUT2D eigenvalue weighted by Gasteiger charge is -2.38. The van der Waals surface area contributed by atoms with Gasteiger partial charge in [-0.1, -0.05) is 24.2 Å². The van der Waals surface area contributed by atoms with E-state index in [0.717, 1.165) is 11.1 Å². The van der Waals surface area contributed by atoms with Gasteiger partial charge in [-0.05, 0) is 30.7 Å². The lowest BCUT2D eigenvalue weighted by Crippen LogP contribution is -2.46. The molecule has 1 atom stereocenters. The summed E-state index contributed by atoms with van der Waals surface area (Å²) < 4.78 is 0. The number of nitrogens with zero attached hydrogens (tertiary/aromatic N) is 1. The Labute approximate surface area is 106 Å². The second-order valence-corrected chi connectivity index (χ2v) is 4.44. The molecule has 1 aromatic rings. The number of hydrogen-bond donors (Lipinski definition) is 2. The van der Waals surface area contributed by atoms with Crippen molar-refractivity contribution in [2.24, 2.45) is 5.73 Å². The molecule has 0 aliphatic carbocycles.